The lowest BCUT2D eigenvalue weighted by Crippen LogP contribution is -2.15. The SMILES string of the molecule is Cc1nc2cc(C(C)(C)C)nn2c(C)c1C(C)C(=O)O. The summed E-state index contributed by atoms with van der Waals surface area (Å²) in [5, 5.41) is 13.8. The van der Waals surface area contributed by atoms with Crippen LogP contribution in [-0.4, -0.2) is 25.7 Å². The minimum absolute atomic E-state index is 0.0629. The van der Waals surface area contributed by atoms with Gasteiger partial charge in [-0.15, -0.1) is 0 Å². The van der Waals surface area contributed by atoms with Gasteiger partial charge in [-0.3, -0.25) is 4.79 Å². The van der Waals surface area contributed by atoms with Crippen molar-refractivity contribution >= 4 is 11.6 Å². The Labute approximate surface area is 118 Å². The molecule has 0 spiro atoms. The van der Waals surface area contributed by atoms with Crippen LogP contribution in [0.5, 0.6) is 0 Å². The maximum absolute atomic E-state index is 11.2. The van der Waals surface area contributed by atoms with Crippen LogP contribution in [-0.2, 0) is 10.2 Å². The van der Waals surface area contributed by atoms with Gasteiger partial charge in [0.1, 0.15) is 0 Å². The van der Waals surface area contributed by atoms with Crippen LogP contribution in [0.1, 0.15) is 56.3 Å². The summed E-state index contributed by atoms with van der Waals surface area (Å²) in [5.74, 6) is -1.44. The number of aromatic nitrogens is 3. The second-order valence-corrected chi connectivity index (χ2v) is 6.31. The highest BCUT2D eigenvalue weighted by Crippen LogP contribution is 2.26. The molecule has 2 aromatic heterocycles. The molecule has 2 rings (SSSR count). The maximum Gasteiger partial charge on any atom is 0.310 e. The first-order chi connectivity index (χ1) is 9.12. The van der Waals surface area contributed by atoms with Crippen molar-refractivity contribution in [3.05, 3.63) is 28.7 Å². The molecule has 0 aliphatic rings. The number of hydrogen-bond acceptors (Lipinski definition) is 3. The van der Waals surface area contributed by atoms with Gasteiger partial charge in [0.15, 0.2) is 5.65 Å². The lowest BCUT2D eigenvalue weighted by Gasteiger charge is -2.15. The maximum atomic E-state index is 11.2. The third-order valence-electron chi connectivity index (χ3n) is 3.64. The Balaban J connectivity index is 2.72. The van der Waals surface area contributed by atoms with E-state index in [9.17, 15) is 9.90 Å². The lowest BCUT2D eigenvalue weighted by atomic mass is 9.93. The Hall–Kier alpha value is -1.91. The van der Waals surface area contributed by atoms with Crippen molar-refractivity contribution in [1.29, 1.82) is 0 Å². The molecule has 20 heavy (non-hydrogen) atoms. The molecule has 0 aliphatic heterocycles. The van der Waals surface area contributed by atoms with E-state index in [1.807, 2.05) is 19.9 Å². The van der Waals surface area contributed by atoms with E-state index in [-0.39, 0.29) is 5.41 Å². The van der Waals surface area contributed by atoms with Gasteiger partial charge in [0.05, 0.1) is 11.6 Å². The summed E-state index contributed by atoms with van der Waals surface area (Å²) in [7, 11) is 0. The van der Waals surface area contributed by atoms with Gasteiger partial charge in [-0.25, -0.2) is 9.50 Å². The van der Waals surface area contributed by atoms with Crippen molar-refractivity contribution in [2.75, 3.05) is 0 Å². The van der Waals surface area contributed by atoms with Gasteiger partial charge in [-0.1, -0.05) is 20.8 Å². The molecule has 1 unspecified atom stereocenters. The van der Waals surface area contributed by atoms with Gasteiger partial charge in [-0.05, 0) is 20.8 Å². The van der Waals surface area contributed by atoms with Gasteiger partial charge in [0.25, 0.3) is 0 Å². The van der Waals surface area contributed by atoms with Crippen LogP contribution in [0, 0.1) is 13.8 Å². The molecule has 108 valence electrons. The lowest BCUT2D eigenvalue weighted by molar-refractivity contribution is -0.138. The van der Waals surface area contributed by atoms with E-state index in [1.54, 1.807) is 11.4 Å². The van der Waals surface area contributed by atoms with Crippen molar-refractivity contribution in [2.45, 2.75) is 52.9 Å². The van der Waals surface area contributed by atoms with Gasteiger partial charge in [-0.2, -0.15) is 5.10 Å². The highest BCUT2D eigenvalue weighted by Gasteiger charge is 2.24. The molecule has 5 nitrogen and oxygen atoms in total. The number of aryl methyl sites for hydroxylation is 2. The summed E-state index contributed by atoms with van der Waals surface area (Å²) in [5.41, 5.74) is 4.00. The summed E-state index contributed by atoms with van der Waals surface area (Å²) in [4.78, 5) is 15.8. The fraction of sp³-hybridized carbons (Fsp3) is 0.533. The van der Waals surface area contributed by atoms with Crippen LogP contribution in [0.4, 0.5) is 0 Å². The van der Waals surface area contributed by atoms with Crippen LogP contribution in [0.3, 0.4) is 0 Å². The average molecular weight is 275 g/mol. The topological polar surface area (TPSA) is 67.5 Å². The molecule has 0 saturated heterocycles. The zero-order valence-electron chi connectivity index (χ0n) is 12.9. The molecular formula is C15H21N3O2. The molecule has 0 bridgehead atoms. The summed E-state index contributed by atoms with van der Waals surface area (Å²) in [6.07, 6.45) is 0. The Bertz CT molecular complexity index is 680. The van der Waals surface area contributed by atoms with E-state index in [4.69, 9.17) is 0 Å². The van der Waals surface area contributed by atoms with Crippen molar-refractivity contribution in [3.8, 4) is 0 Å². The van der Waals surface area contributed by atoms with E-state index in [2.05, 4.69) is 30.9 Å². The molecular weight excluding hydrogens is 254 g/mol. The standard InChI is InChI=1S/C15H21N3O2/c1-8(14(19)20)13-9(2)16-12-7-11(15(4,5)6)17-18(12)10(13)3/h7-8H,1-6H3,(H,19,20). The number of carboxylic acid groups (broad SMARTS) is 1. The second-order valence-electron chi connectivity index (χ2n) is 6.31. The zero-order chi connectivity index (χ0) is 15.2. The van der Waals surface area contributed by atoms with E-state index in [1.165, 1.54) is 0 Å². The van der Waals surface area contributed by atoms with Crippen molar-refractivity contribution in [1.82, 2.24) is 14.6 Å². The quantitative estimate of drug-likeness (QED) is 0.915. The predicted octanol–water partition coefficient (Wildman–Crippen LogP) is 2.83. The normalized spacial score (nSPS) is 13.7. The Morgan fingerprint density at radius 3 is 2.45 bits per heavy atom. The van der Waals surface area contributed by atoms with E-state index < -0.39 is 11.9 Å². The molecule has 0 fully saturated rings. The third kappa shape index (κ3) is 2.28. The minimum Gasteiger partial charge on any atom is -0.481 e. The highest BCUT2D eigenvalue weighted by atomic mass is 16.4. The predicted molar refractivity (Wildman–Crippen MR) is 77.2 cm³/mol. The number of aliphatic carboxylic acids is 1. The first kappa shape index (κ1) is 14.5. The molecule has 0 amide bonds. The number of carbonyl (C=O) groups is 1. The van der Waals surface area contributed by atoms with Crippen molar-refractivity contribution < 1.29 is 9.90 Å². The monoisotopic (exact) mass is 275 g/mol. The summed E-state index contributed by atoms with van der Waals surface area (Å²) in [6.45, 7) is 11.7. The zero-order valence-corrected chi connectivity index (χ0v) is 12.9. The van der Waals surface area contributed by atoms with Crippen molar-refractivity contribution in [3.63, 3.8) is 0 Å². The Morgan fingerprint density at radius 2 is 1.95 bits per heavy atom. The molecule has 2 heterocycles. The average Bonchev–Trinajstić information content (AvgIpc) is 2.72. The van der Waals surface area contributed by atoms with E-state index in [0.717, 1.165) is 28.3 Å². The van der Waals surface area contributed by atoms with Crippen LogP contribution >= 0.6 is 0 Å². The third-order valence-corrected chi connectivity index (χ3v) is 3.64. The number of rotatable bonds is 2. The molecule has 5 heteroatoms. The number of fused-ring (bicyclic) bond motifs is 1. The van der Waals surface area contributed by atoms with Gasteiger partial charge in [0.2, 0.25) is 0 Å². The highest BCUT2D eigenvalue weighted by molar-refractivity contribution is 5.76. The van der Waals surface area contributed by atoms with Gasteiger partial charge < -0.3 is 5.11 Å². The van der Waals surface area contributed by atoms with Gasteiger partial charge >= 0.3 is 5.97 Å². The summed E-state index contributed by atoms with van der Waals surface area (Å²) < 4.78 is 1.75. The van der Waals surface area contributed by atoms with Crippen LogP contribution in [0.2, 0.25) is 0 Å². The van der Waals surface area contributed by atoms with Crippen LogP contribution in [0.15, 0.2) is 6.07 Å². The Morgan fingerprint density at radius 1 is 1.35 bits per heavy atom. The fourth-order valence-corrected chi connectivity index (χ4v) is 2.42. The number of nitrogens with zero attached hydrogens (tertiary/aromatic N) is 3. The molecule has 0 radical (unpaired) electrons. The fourth-order valence-electron chi connectivity index (χ4n) is 2.42. The number of carboxylic acids is 1. The Kier molecular flexibility index (Phi) is 3.32. The van der Waals surface area contributed by atoms with Crippen molar-refractivity contribution in [2.24, 2.45) is 0 Å². The summed E-state index contributed by atoms with van der Waals surface area (Å²) in [6, 6.07) is 1.97. The molecule has 2 aromatic rings. The smallest absolute Gasteiger partial charge is 0.310 e. The second kappa shape index (κ2) is 4.58. The molecule has 0 aromatic carbocycles. The molecule has 0 saturated carbocycles. The first-order valence-corrected chi connectivity index (χ1v) is 6.73. The van der Waals surface area contributed by atoms with E-state index >= 15 is 0 Å². The molecule has 1 N–H and O–H groups in total. The number of hydrogen-bond donors (Lipinski definition) is 1. The van der Waals surface area contributed by atoms with Crippen LogP contribution < -0.4 is 0 Å². The minimum atomic E-state index is -0.847. The van der Waals surface area contributed by atoms with E-state index in [0.29, 0.717) is 0 Å². The summed E-state index contributed by atoms with van der Waals surface area (Å²) >= 11 is 0. The first-order valence-electron chi connectivity index (χ1n) is 6.73. The van der Waals surface area contributed by atoms with Crippen LogP contribution in [0.25, 0.3) is 5.65 Å². The van der Waals surface area contributed by atoms with Gasteiger partial charge in [0, 0.05) is 28.4 Å². The molecule has 1 atom stereocenters. The largest absolute Gasteiger partial charge is 0.481 e. The molecule has 0 aliphatic carbocycles.